The van der Waals surface area contributed by atoms with E-state index < -0.39 is 56.3 Å². The van der Waals surface area contributed by atoms with Gasteiger partial charge in [-0.05, 0) is 52.8 Å². The van der Waals surface area contributed by atoms with Gasteiger partial charge in [0.15, 0.2) is 18.0 Å². The standard InChI is InChI=1S/C27H35F2N4O8P/c1-6-37-21-13-18(30)12-20-22(21)31-15-33(20)25-26(5,28)24(35)27(29,40-25)14-38-42(36,41-19-10-8-7-9-11-19)32-17(4)23(34)39-16(2)3/h7-13,15-17,24-25,35H,6,14,30H2,1-5H3,(H,32,36)/t17-,24-,25+,26+,27+,42+/m0/s1. The predicted molar refractivity (Wildman–Crippen MR) is 149 cm³/mol. The van der Waals surface area contributed by atoms with Crippen molar-refractivity contribution in [1.29, 1.82) is 0 Å². The van der Waals surface area contributed by atoms with E-state index in [9.17, 15) is 14.5 Å². The Morgan fingerprint density at radius 3 is 2.60 bits per heavy atom. The van der Waals surface area contributed by atoms with Crippen LogP contribution in [-0.4, -0.2) is 63.6 Å². The summed E-state index contributed by atoms with van der Waals surface area (Å²) in [5.74, 6) is -3.59. The quantitative estimate of drug-likeness (QED) is 0.151. The Balaban J connectivity index is 1.61. The number of nitrogens with zero attached hydrogens (tertiary/aromatic N) is 2. The van der Waals surface area contributed by atoms with Crippen molar-refractivity contribution < 1.29 is 46.5 Å². The number of esters is 1. The molecule has 0 amide bonds. The molecule has 0 unspecified atom stereocenters. The number of carbonyl (C=O) groups excluding carboxylic acids is 1. The van der Waals surface area contributed by atoms with Crippen molar-refractivity contribution in [3.05, 3.63) is 48.8 Å². The Hall–Kier alpha value is -3.29. The lowest BCUT2D eigenvalue weighted by atomic mass is 9.97. The number of benzene rings is 2. The molecule has 1 fully saturated rings. The fourth-order valence-electron chi connectivity index (χ4n) is 4.45. The molecule has 0 aliphatic carbocycles. The number of alkyl halides is 2. The number of carbonyl (C=O) groups is 1. The Morgan fingerprint density at radius 2 is 1.95 bits per heavy atom. The molecule has 42 heavy (non-hydrogen) atoms. The molecule has 12 nitrogen and oxygen atoms in total. The van der Waals surface area contributed by atoms with E-state index in [2.05, 4.69) is 10.1 Å². The number of hydrogen-bond acceptors (Lipinski definition) is 10. The summed E-state index contributed by atoms with van der Waals surface area (Å²) in [6, 6.07) is 9.60. The normalized spacial score (nSPS) is 26.2. The van der Waals surface area contributed by atoms with Crippen molar-refractivity contribution >= 4 is 30.4 Å². The average Bonchev–Trinajstić information content (AvgIpc) is 3.40. The van der Waals surface area contributed by atoms with Crippen LogP contribution in [0.15, 0.2) is 48.8 Å². The summed E-state index contributed by atoms with van der Waals surface area (Å²) in [5, 5.41) is 13.2. The minimum Gasteiger partial charge on any atom is -0.491 e. The molecule has 0 saturated carbocycles. The number of nitrogens with one attached hydrogen (secondary N) is 1. The number of imidazole rings is 1. The van der Waals surface area contributed by atoms with Crippen LogP contribution in [0.3, 0.4) is 0 Å². The van der Waals surface area contributed by atoms with Gasteiger partial charge in [0.1, 0.15) is 29.7 Å². The first-order valence-electron chi connectivity index (χ1n) is 13.3. The molecule has 1 aliphatic rings. The Labute approximate surface area is 241 Å². The van der Waals surface area contributed by atoms with Gasteiger partial charge in [-0.15, -0.1) is 0 Å². The van der Waals surface area contributed by atoms with E-state index in [4.69, 9.17) is 29.0 Å². The lowest BCUT2D eigenvalue weighted by Crippen LogP contribution is -2.47. The zero-order chi connectivity index (χ0) is 30.9. The first-order chi connectivity index (χ1) is 19.7. The summed E-state index contributed by atoms with van der Waals surface area (Å²) in [5.41, 5.74) is 4.12. The first kappa shape index (κ1) is 31.6. The van der Waals surface area contributed by atoms with Crippen LogP contribution in [0.5, 0.6) is 11.5 Å². The third-order valence-corrected chi connectivity index (χ3v) is 8.03. The van der Waals surface area contributed by atoms with Gasteiger partial charge < -0.3 is 34.1 Å². The number of aromatic nitrogens is 2. The number of para-hydroxylation sites is 1. The lowest BCUT2D eigenvalue weighted by Gasteiger charge is -2.28. The number of aliphatic hydroxyl groups is 1. The van der Waals surface area contributed by atoms with E-state index in [1.54, 1.807) is 45.0 Å². The van der Waals surface area contributed by atoms with Gasteiger partial charge in [-0.25, -0.2) is 18.3 Å². The van der Waals surface area contributed by atoms with Crippen molar-refractivity contribution in [2.24, 2.45) is 0 Å². The molecule has 3 aromatic rings. The second kappa shape index (κ2) is 12.1. The second-order valence-electron chi connectivity index (χ2n) is 10.3. The van der Waals surface area contributed by atoms with Crippen LogP contribution in [0.1, 0.15) is 40.8 Å². The van der Waals surface area contributed by atoms with Gasteiger partial charge in [-0.2, -0.15) is 5.09 Å². The van der Waals surface area contributed by atoms with E-state index in [1.807, 2.05) is 0 Å². The summed E-state index contributed by atoms with van der Waals surface area (Å²) in [7, 11) is -4.55. The fraction of sp³-hybridized carbons (Fsp3) is 0.481. The second-order valence-corrected chi connectivity index (χ2v) is 12.0. The van der Waals surface area contributed by atoms with Crippen molar-refractivity contribution in [3.63, 3.8) is 0 Å². The maximum absolute atomic E-state index is 16.2. The summed E-state index contributed by atoms with van der Waals surface area (Å²) in [4.78, 5) is 16.6. The molecule has 0 spiro atoms. The van der Waals surface area contributed by atoms with Crippen LogP contribution in [0.25, 0.3) is 11.0 Å². The number of aliphatic hydroxyl groups excluding tert-OH is 1. The number of nitrogen functional groups attached to an aromatic ring is 1. The summed E-state index contributed by atoms with van der Waals surface area (Å²) in [6.07, 6.45) is -3.41. The first-order valence-corrected chi connectivity index (χ1v) is 14.8. The monoisotopic (exact) mass is 612 g/mol. The molecule has 230 valence electrons. The maximum Gasteiger partial charge on any atom is 0.459 e. The number of fused-ring (bicyclic) bond motifs is 1. The molecule has 2 heterocycles. The zero-order valence-electron chi connectivity index (χ0n) is 23.8. The topological polar surface area (TPSA) is 156 Å². The predicted octanol–water partition coefficient (Wildman–Crippen LogP) is 4.43. The summed E-state index contributed by atoms with van der Waals surface area (Å²) in [6.45, 7) is 6.39. The van der Waals surface area contributed by atoms with Gasteiger partial charge in [-0.3, -0.25) is 9.32 Å². The van der Waals surface area contributed by atoms with Crippen LogP contribution >= 0.6 is 7.75 Å². The fourth-order valence-corrected chi connectivity index (χ4v) is 5.95. The molecule has 0 bridgehead atoms. The van der Waals surface area contributed by atoms with E-state index in [1.165, 1.54) is 36.0 Å². The average molecular weight is 613 g/mol. The lowest BCUT2D eigenvalue weighted by molar-refractivity contribution is -0.202. The molecule has 15 heteroatoms. The van der Waals surface area contributed by atoms with E-state index in [-0.39, 0.29) is 17.0 Å². The van der Waals surface area contributed by atoms with E-state index >= 15 is 8.78 Å². The zero-order valence-corrected chi connectivity index (χ0v) is 24.7. The Bertz CT molecular complexity index is 1460. The number of hydrogen-bond donors (Lipinski definition) is 3. The van der Waals surface area contributed by atoms with E-state index in [0.717, 1.165) is 6.92 Å². The molecule has 2 aromatic carbocycles. The van der Waals surface area contributed by atoms with Crippen LogP contribution < -0.4 is 20.1 Å². The van der Waals surface area contributed by atoms with Gasteiger partial charge in [0.05, 0.1) is 24.6 Å². The van der Waals surface area contributed by atoms with Crippen LogP contribution in [0.2, 0.25) is 0 Å². The summed E-state index contributed by atoms with van der Waals surface area (Å²) < 4.78 is 74.2. The minimum absolute atomic E-state index is 0.0688. The van der Waals surface area contributed by atoms with Gasteiger partial charge in [0.2, 0.25) is 0 Å². The number of halogens is 2. The number of anilines is 1. The van der Waals surface area contributed by atoms with Crippen molar-refractivity contribution in [1.82, 2.24) is 14.6 Å². The largest absolute Gasteiger partial charge is 0.491 e. The van der Waals surface area contributed by atoms with Crippen LogP contribution in [0.4, 0.5) is 14.5 Å². The minimum atomic E-state index is -4.55. The third-order valence-electron chi connectivity index (χ3n) is 6.41. The van der Waals surface area contributed by atoms with Gasteiger partial charge in [0.25, 0.3) is 5.85 Å². The Kier molecular flexibility index (Phi) is 9.14. The molecule has 1 saturated heterocycles. The van der Waals surface area contributed by atoms with Gasteiger partial charge in [0, 0.05) is 11.8 Å². The van der Waals surface area contributed by atoms with Gasteiger partial charge in [-0.1, -0.05) is 18.2 Å². The highest BCUT2D eigenvalue weighted by Crippen LogP contribution is 2.52. The molecule has 0 radical (unpaired) electrons. The number of ether oxygens (including phenoxy) is 3. The van der Waals surface area contributed by atoms with Crippen molar-refractivity contribution in [2.45, 2.75) is 70.6 Å². The summed E-state index contributed by atoms with van der Waals surface area (Å²) >= 11 is 0. The molecular weight excluding hydrogens is 577 g/mol. The molecule has 6 atom stereocenters. The maximum atomic E-state index is 16.2. The Morgan fingerprint density at radius 1 is 1.26 bits per heavy atom. The molecule has 1 aromatic heterocycles. The number of nitrogens with two attached hydrogens (primary N) is 1. The van der Waals surface area contributed by atoms with Crippen molar-refractivity contribution in [3.8, 4) is 11.5 Å². The molecule has 4 rings (SSSR count). The SMILES string of the molecule is CCOc1cc(N)cc2c1ncn2[C@@H]1O[C@](F)(CO[P@](=O)(N[C@@H](C)C(=O)OC(C)C)Oc2ccccc2)[C@@H](O)[C@@]1(C)F. The third kappa shape index (κ3) is 6.52. The highest BCUT2D eigenvalue weighted by Gasteiger charge is 2.65. The van der Waals surface area contributed by atoms with E-state index in [0.29, 0.717) is 17.9 Å². The van der Waals surface area contributed by atoms with Crippen LogP contribution in [0, 0.1) is 0 Å². The smallest absolute Gasteiger partial charge is 0.459 e. The molecule has 1 aliphatic heterocycles. The highest BCUT2D eigenvalue weighted by atomic mass is 31.2. The van der Waals surface area contributed by atoms with Crippen LogP contribution in [-0.2, 0) is 23.4 Å². The number of rotatable bonds is 12. The molecular formula is C27H35F2N4O8P. The molecule has 4 N–H and O–H groups in total. The van der Waals surface area contributed by atoms with Crippen molar-refractivity contribution in [2.75, 3.05) is 18.9 Å². The van der Waals surface area contributed by atoms with Gasteiger partial charge >= 0.3 is 13.7 Å². The highest BCUT2D eigenvalue weighted by molar-refractivity contribution is 7.52.